The average molecular weight is 240 g/mol. The van der Waals surface area contributed by atoms with E-state index in [1.54, 1.807) is 18.2 Å². The van der Waals surface area contributed by atoms with Gasteiger partial charge in [0.1, 0.15) is 11.3 Å². The molecule has 5 nitrogen and oxygen atoms in total. The van der Waals surface area contributed by atoms with Crippen LogP contribution < -0.4 is 9.44 Å². The summed E-state index contributed by atoms with van der Waals surface area (Å²) in [5, 5.41) is 5.89. The van der Waals surface area contributed by atoms with Crippen LogP contribution in [0.4, 0.5) is 5.69 Å². The van der Waals surface area contributed by atoms with Gasteiger partial charge in [-0.25, -0.2) is 5.14 Å². The quantitative estimate of drug-likeness (QED) is 0.861. The van der Waals surface area contributed by atoms with Gasteiger partial charge in [0.25, 0.3) is 10.2 Å². The Balaban J connectivity index is 2.54. The number of fused-ring (bicyclic) bond motifs is 1. The normalized spacial score (nSPS) is 11.9. The minimum atomic E-state index is -3.72. The number of benzene rings is 1. The number of nitrogens with zero attached hydrogens (tertiary/aromatic N) is 1. The first-order valence-electron chi connectivity index (χ1n) is 4.65. The van der Waals surface area contributed by atoms with Gasteiger partial charge in [0.15, 0.2) is 0 Å². The van der Waals surface area contributed by atoms with Crippen LogP contribution in [0.1, 0.15) is 5.76 Å². The molecule has 0 spiro atoms. The fourth-order valence-electron chi connectivity index (χ4n) is 1.51. The van der Waals surface area contributed by atoms with E-state index in [9.17, 15) is 8.42 Å². The third-order valence-electron chi connectivity index (χ3n) is 2.37. The smallest absolute Gasteiger partial charge is 0.298 e. The van der Waals surface area contributed by atoms with Crippen LogP contribution in [0.3, 0.4) is 0 Å². The van der Waals surface area contributed by atoms with Crippen LogP contribution in [-0.4, -0.2) is 15.5 Å². The summed E-state index contributed by atoms with van der Waals surface area (Å²) in [6.07, 6.45) is 0. The van der Waals surface area contributed by atoms with Crippen molar-refractivity contribution in [1.29, 1.82) is 0 Å². The second kappa shape index (κ2) is 3.50. The molecular weight excluding hydrogens is 228 g/mol. The zero-order chi connectivity index (χ0) is 11.9. The van der Waals surface area contributed by atoms with Crippen molar-refractivity contribution in [3.63, 3.8) is 0 Å². The SMILES string of the molecule is Cc1cc2cc(N(C)S(N)(=O)=O)ccc2o1. The van der Waals surface area contributed by atoms with E-state index in [4.69, 9.17) is 9.56 Å². The first-order valence-corrected chi connectivity index (χ1v) is 6.15. The van der Waals surface area contributed by atoms with Crippen molar-refractivity contribution < 1.29 is 12.8 Å². The van der Waals surface area contributed by atoms with E-state index < -0.39 is 10.2 Å². The highest BCUT2D eigenvalue weighted by molar-refractivity contribution is 7.90. The summed E-state index contributed by atoms with van der Waals surface area (Å²) in [5.74, 6) is 0.783. The number of aryl methyl sites for hydroxylation is 1. The molecule has 0 saturated carbocycles. The van der Waals surface area contributed by atoms with Gasteiger partial charge in [-0.15, -0.1) is 0 Å². The van der Waals surface area contributed by atoms with Crippen LogP contribution in [0.5, 0.6) is 0 Å². The molecule has 1 heterocycles. The fraction of sp³-hybridized carbons (Fsp3) is 0.200. The van der Waals surface area contributed by atoms with Crippen LogP contribution >= 0.6 is 0 Å². The summed E-state index contributed by atoms with van der Waals surface area (Å²) in [7, 11) is -2.31. The number of nitrogens with two attached hydrogens (primary N) is 1. The number of anilines is 1. The highest BCUT2D eigenvalue weighted by Crippen LogP contribution is 2.24. The lowest BCUT2D eigenvalue weighted by Crippen LogP contribution is -2.32. The van der Waals surface area contributed by atoms with Gasteiger partial charge in [-0.05, 0) is 31.2 Å². The van der Waals surface area contributed by atoms with Gasteiger partial charge in [-0.3, -0.25) is 4.31 Å². The molecule has 2 rings (SSSR count). The molecule has 0 aliphatic heterocycles. The van der Waals surface area contributed by atoms with E-state index >= 15 is 0 Å². The van der Waals surface area contributed by atoms with Crippen molar-refractivity contribution in [3.8, 4) is 0 Å². The van der Waals surface area contributed by atoms with Gasteiger partial charge in [-0.2, -0.15) is 8.42 Å². The topological polar surface area (TPSA) is 76.5 Å². The van der Waals surface area contributed by atoms with Gasteiger partial charge in [0.05, 0.1) is 5.69 Å². The molecule has 16 heavy (non-hydrogen) atoms. The lowest BCUT2D eigenvalue weighted by molar-refractivity contribution is 0.578. The van der Waals surface area contributed by atoms with Crippen molar-refractivity contribution in [2.75, 3.05) is 11.4 Å². The van der Waals surface area contributed by atoms with Crippen molar-refractivity contribution in [2.45, 2.75) is 6.92 Å². The molecule has 1 aromatic carbocycles. The molecule has 0 radical (unpaired) electrons. The van der Waals surface area contributed by atoms with Gasteiger partial charge in [0.2, 0.25) is 0 Å². The summed E-state index contributed by atoms with van der Waals surface area (Å²) >= 11 is 0. The second-order valence-corrected chi connectivity index (χ2v) is 5.17. The van der Waals surface area contributed by atoms with Gasteiger partial charge in [0, 0.05) is 12.4 Å². The monoisotopic (exact) mass is 240 g/mol. The molecule has 0 fully saturated rings. The number of hydrogen-bond acceptors (Lipinski definition) is 3. The molecule has 0 atom stereocenters. The van der Waals surface area contributed by atoms with Crippen LogP contribution in [0, 0.1) is 6.92 Å². The summed E-state index contributed by atoms with van der Waals surface area (Å²) in [6.45, 7) is 1.84. The predicted octanol–water partition coefficient (Wildman–Crippen LogP) is 1.38. The Morgan fingerprint density at radius 3 is 2.62 bits per heavy atom. The summed E-state index contributed by atoms with van der Waals surface area (Å²) in [4.78, 5) is 0. The molecule has 0 bridgehead atoms. The Morgan fingerprint density at radius 1 is 1.31 bits per heavy atom. The first kappa shape index (κ1) is 11.0. The molecule has 6 heteroatoms. The second-order valence-electron chi connectivity index (χ2n) is 3.59. The van der Waals surface area contributed by atoms with E-state index in [1.807, 2.05) is 13.0 Å². The van der Waals surface area contributed by atoms with E-state index in [0.717, 1.165) is 21.0 Å². The van der Waals surface area contributed by atoms with Crippen molar-refractivity contribution in [2.24, 2.45) is 5.14 Å². The summed E-state index contributed by atoms with van der Waals surface area (Å²) < 4.78 is 28.7. The summed E-state index contributed by atoms with van der Waals surface area (Å²) in [6, 6.07) is 6.93. The maximum Gasteiger partial charge on any atom is 0.298 e. The fourth-order valence-corrected chi connectivity index (χ4v) is 1.91. The standard InChI is InChI=1S/C10H12N2O3S/c1-7-5-8-6-9(3-4-10(8)15-7)12(2)16(11,13)14/h3-6H,1-2H3,(H2,11,13,14). The molecule has 0 saturated heterocycles. The van der Waals surface area contributed by atoms with E-state index in [2.05, 4.69) is 0 Å². The molecule has 0 unspecified atom stereocenters. The largest absolute Gasteiger partial charge is 0.461 e. The van der Waals surface area contributed by atoms with Gasteiger partial charge >= 0.3 is 0 Å². The molecular formula is C10H12N2O3S. The zero-order valence-corrected chi connectivity index (χ0v) is 9.78. The highest BCUT2D eigenvalue weighted by atomic mass is 32.2. The molecule has 0 aliphatic rings. The van der Waals surface area contributed by atoms with Crippen molar-refractivity contribution >= 4 is 26.9 Å². The Hall–Kier alpha value is -1.53. The van der Waals surface area contributed by atoms with Crippen LogP contribution in [-0.2, 0) is 10.2 Å². The maximum absolute atomic E-state index is 11.2. The van der Waals surface area contributed by atoms with Gasteiger partial charge in [-0.1, -0.05) is 0 Å². The summed E-state index contributed by atoms with van der Waals surface area (Å²) in [5.41, 5.74) is 1.24. The Labute approximate surface area is 93.6 Å². The lowest BCUT2D eigenvalue weighted by atomic mass is 10.2. The first-order chi connectivity index (χ1) is 7.38. The molecule has 0 aliphatic carbocycles. The predicted molar refractivity (Wildman–Crippen MR) is 62.5 cm³/mol. The molecule has 86 valence electrons. The Kier molecular flexibility index (Phi) is 2.40. The van der Waals surface area contributed by atoms with E-state index in [0.29, 0.717) is 5.69 Å². The van der Waals surface area contributed by atoms with Crippen LogP contribution in [0.2, 0.25) is 0 Å². The Morgan fingerprint density at radius 2 is 2.00 bits per heavy atom. The minimum Gasteiger partial charge on any atom is -0.461 e. The van der Waals surface area contributed by atoms with E-state index in [1.165, 1.54) is 7.05 Å². The number of hydrogen-bond donors (Lipinski definition) is 1. The molecule has 1 aromatic heterocycles. The van der Waals surface area contributed by atoms with E-state index in [-0.39, 0.29) is 0 Å². The third-order valence-corrected chi connectivity index (χ3v) is 3.34. The molecule has 0 amide bonds. The van der Waals surface area contributed by atoms with Crippen molar-refractivity contribution in [1.82, 2.24) is 0 Å². The highest BCUT2D eigenvalue weighted by Gasteiger charge is 2.13. The molecule has 2 N–H and O–H groups in total. The van der Waals surface area contributed by atoms with Gasteiger partial charge < -0.3 is 4.42 Å². The van der Waals surface area contributed by atoms with Crippen LogP contribution in [0.15, 0.2) is 28.7 Å². The van der Waals surface area contributed by atoms with Crippen LogP contribution in [0.25, 0.3) is 11.0 Å². The molecule has 2 aromatic rings. The van der Waals surface area contributed by atoms with Crippen molar-refractivity contribution in [3.05, 3.63) is 30.0 Å². The minimum absolute atomic E-state index is 0.510. The number of rotatable bonds is 2. The lowest BCUT2D eigenvalue weighted by Gasteiger charge is -2.15. The zero-order valence-electron chi connectivity index (χ0n) is 8.97. The number of furan rings is 1. The maximum atomic E-state index is 11.2. The Bertz CT molecular complexity index is 631. The average Bonchev–Trinajstić information content (AvgIpc) is 2.54. The third kappa shape index (κ3) is 1.89.